The molecule has 1 aromatic carbocycles. The molecule has 0 bridgehead atoms. The van der Waals surface area contributed by atoms with Gasteiger partial charge in [0.1, 0.15) is 23.7 Å². The van der Waals surface area contributed by atoms with Crippen molar-refractivity contribution in [3.8, 4) is 11.5 Å². The molecular formula is C22H24O5. The Morgan fingerprint density at radius 3 is 2.63 bits per heavy atom. The van der Waals surface area contributed by atoms with Crippen LogP contribution in [-0.4, -0.2) is 30.6 Å². The van der Waals surface area contributed by atoms with Gasteiger partial charge >= 0.3 is 5.97 Å². The number of hydrogen-bond donors (Lipinski definition) is 1. The van der Waals surface area contributed by atoms with E-state index in [4.69, 9.17) is 9.47 Å². The number of ether oxygens (including phenoxy) is 2. The maximum absolute atomic E-state index is 12.8. The number of hydrogen-bond acceptors (Lipinski definition) is 5. The summed E-state index contributed by atoms with van der Waals surface area (Å²) in [7, 11) is 1.55. The zero-order valence-electron chi connectivity index (χ0n) is 15.5. The molecule has 3 saturated carbocycles. The first kappa shape index (κ1) is 16.8. The first-order valence-electron chi connectivity index (χ1n) is 9.79. The lowest BCUT2D eigenvalue weighted by Crippen LogP contribution is -2.26. The van der Waals surface area contributed by atoms with Gasteiger partial charge < -0.3 is 14.6 Å². The van der Waals surface area contributed by atoms with Crippen molar-refractivity contribution in [1.29, 1.82) is 0 Å². The highest BCUT2D eigenvalue weighted by atomic mass is 16.5. The van der Waals surface area contributed by atoms with Crippen LogP contribution in [0.5, 0.6) is 11.5 Å². The maximum Gasteiger partial charge on any atom is 0.342 e. The summed E-state index contributed by atoms with van der Waals surface area (Å²) in [4.78, 5) is 25.4. The number of cyclic esters (lactones) is 1. The second kappa shape index (κ2) is 5.60. The first-order chi connectivity index (χ1) is 13.0. The molecule has 142 valence electrons. The molecule has 2 atom stereocenters. The van der Waals surface area contributed by atoms with Crippen molar-refractivity contribution in [3.05, 3.63) is 35.4 Å². The summed E-state index contributed by atoms with van der Waals surface area (Å²) in [6, 6.07) is 3.31. The second-order valence-corrected chi connectivity index (χ2v) is 8.64. The molecule has 3 aliphatic carbocycles. The van der Waals surface area contributed by atoms with Crippen LogP contribution in [0.2, 0.25) is 0 Å². The molecule has 1 N–H and O–H groups in total. The molecule has 1 aliphatic heterocycles. The quantitative estimate of drug-likeness (QED) is 0.764. The Morgan fingerprint density at radius 2 is 1.96 bits per heavy atom. The number of allylic oxidation sites excluding steroid dienone is 1. The van der Waals surface area contributed by atoms with Gasteiger partial charge in [0.2, 0.25) is 0 Å². The van der Waals surface area contributed by atoms with Gasteiger partial charge in [-0.2, -0.15) is 0 Å². The number of aromatic hydroxyl groups is 1. The van der Waals surface area contributed by atoms with Crippen LogP contribution in [0.15, 0.2) is 24.3 Å². The minimum absolute atomic E-state index is 0.0344. The fourth-order valence-electron chi connectivity index (χ4n) is 5.31. The molecule has 1 aromatic rings. The average molecular weight is 368 g/mol. The lowest BCUT2D eigenvalue weighted by atomic mass is 9.77. The zero-order chi connectivity index (χ0) is 18.8. The normalized spacial score (nSPS) is 30.9. The van der Waals surface area contributed by atoms with Gasteiger partial charge in [-0.3, -0.25) is 4.79 Å². The standard InChI is InChI=1S/C22H24O5/c1-26-14-10-16-15-9-13(15)12-21(4-5-21)22(6-7-22)18(24)3-2-8-27-20(25)19(16)17(23)11-14/h2-3,10-11,13,15,23H,4-9,12H2,1H3/b3-2-. The second-order valence-electron chi connectivity index (χ2n) is 8.64. The Labute approximate surface area is 158 Å². The molecule has 3 fully saturated rings. The number of benzene rings is 1. The molecule has 27 heavy (non-hydrogen) atoms. The van der Waals surface area contributed by atoms with Crippen LogP contribution in [-0.2, 0) is 9.53 Å². The topological polar surface area (TPSA) is 72.8 Å². The van der Waals surface area contributed by atoms with Gasteiger partial charge in [0, 0.05) is 11.5 Å². The Morgan fingerprint density at radius 1 is 1.19 bits per heavy atom. The van der Waals surface area contributed by atoms with Crippen LogP contribution in [0.25, 0.3) is 0 Å². The molecule has 0 amide bonds. The van der Waals surface area contributed by atoms with Gasteiger partial charge in [0.05, 0.1) is 7.11 Å². The van der Waals surface area contributed by atoms with Crippen molar-refractivity contribution >= 4 is 11.8 Å². The van der Waals surface area contributed by atoms with E-state index in [1.807, 2.05) is 6.07 Å². The molecule has 5 nitrogen and oxygen atoms in total. The highest BCUT2D eigenvalue weighted by Gasteiger charge is 2.69. The molecule has 0 aromatic heterocycles. The van der Waals surface area contributed by atoms with Crippen molar-refractivity contribution in [1.82, 2.24) is 0 Å². The van der Waals surface area contributed by atoms with Gasteiger partial charge in [-0.15, -0.1) is 0 Å². The third-order valence-corrected chi connectivity index (χ3v) is 7.21. The third kappa shape index (κ3) is 2.51. The van der Waals surface area contributed by atoms with Gasteiger partial charge in [0.25, 0.3) is 0 Å². The van der Waals surface area contributed by atoms with Crippen molar-refractivity contribution < 1.29 is 24.2 Å². The van der Waals surface area contributed by atoms with E-state index in [1.165, 1.54) is 6.07 Å². The summed E-state index contributed by atoms with van der Waals surface area (Å²) in [6.45, 7) is 0.0344. The predicted molar refractivity (Wildman–Crippen MR) is 97.9 cm³/mol. The number of phenolic OH excluding ortho intramolecular Hbond substituents is 1. The molecular weight excluding hydrogens is 344 g/mol. The smallest absolute Gasteiger partial charge is 0.342 e. The van der Waals surface area contributed by atoms with E-state index in [1.54, 1.807) is 19.3 Å². The number of rotatable bonds is 1. The Hall–Kier alpha value is -2.30. The summed E-state index contributed by atoms with van der Waals surface area (Å²) in [5, 5.41) is 10.4. The van der Waals surface area contributed by atoms with Crippen LogP contribution in [0.1, 0.15) is 60.4 Å². The van der Waals surface area contributed by atoms with Gasteiger partial charge in [-0.1, -0.05) is 0 Å². The molecule has 2 spiro atoms. The number of methoxy groups -OCH3 is 1. The number of esters is 1. The van der Waals surface area contributed by atoms with Crippen LogP contribution in [0, 0.1) is 16.7 Å². The molecule has 5 rings (SSSR count). The zero-order valence-corrected chi connectivity index (χ0v) is 15.5. The SMILES string of the molecule is COc1cc(O)c2c(c1)C1CC1CC1(CC1)C1(CC1)C(=O)/C=C\COC2=O. The van der Waals surface area contributed by atoms with Gasteiger partial charge in [-0.25, -0.2) is 4.79 Å². The Balaban J connectivity index is 1.54. The van der Waals surface area contributed by atoms with E-state index in [2.05, 4.69) is 0 Å². The average Bonchev–Trinajstić information content (AvgIpc) is 3.51. The van der Waals surface area contributed by atoms with E-state index in [9.17, 15) is 14.7 Å². The molecule has 2 unspecified atom stereocenters. The minimum atomic E-state index is -0.547. The summed E-state index contributed by atoms with van der Waals surface area (Å²) in [5.74, 6) is 0.758. The summed E-state index contributed by atoms with van der Waals surface area (Å²) < 4.78 is 10.6. The number of fused-ring (bicyclic) bond motifs is 4. The molecule has 1 heterocycles. The van der Waals surface area contributed by atoms with Crippen LogP contribution in [0.3, 0.4) is 0 Å². The predicted octanol–water partition coefficient (Wildman–Crippen LogP) is 3.75. The maximum atomic E-state index is 12.8. The third-order valence-electron chi connectivity index (χ3n) is 7.21. The van der Waals surface area contributed by atoms with E-state index >= 15 is 0 Å². The largest absolute Gasteiger partial charge is 0.507 e. The summed E-state index contributed by atoms with van der Waals surface area (Å²) in [6.07, 6.45) is 9.48. The fraction of sp³-hybridized carbons (Fsp3) is 0.545. The van der Waals surface area contributed by atoms with Crippen molar-refractivity contribution in [2.45, 2.75) is 44.4 Å². The summed E-state index contributed by atoms with van der Waals surface area (Å²) in [5.41, 5.74) is 1.03. The van der Waals surface area contributed by atoms with Crippen LogP contribution >= 0.6 is 0 Å². The molecule has 5 heteroatoms. The molecule has 4 aliphatic rings. The van der Waals surface area contributed by atoms with Crippen molar-refractivity contribution in [2.75, 3.05) is 13.7 Å². The minimum Gasteiger partial charge on any atom is -0.507 e. The number of carbonyl (C=O) groups is 2. The number of phenols is 1. The number of carbonyl (C=O) groups excluding carboxylic acids is 2. The van der Waals surface area contributed by atoms with Crippen molar-refractivity contribution in [2.24, 2.45) is 16.7 Å². The highest BCUT2D eigenvalue weighted by Crippen LogP contribution is 2.75. The van der Waals surface area contributed by atoms with Crippen LogP contribution in [0.4, 0.5) is 0 Å². The highest BCUT2D eigenvalue weighted by molar-refractivity contribution is 5.98. The van der Waals surface area contributed by atoms with Crippen LogP contribution < -0.4 is 4.74 Å². The lowest BCUT2D eigenvalue weighted by Gasteiger charge is -2.25. The fourth-order valence-corrected chi connectivity index (χ4v) is 5.31. The summed E-state index contributed by atoms with van der Waals surface area (Å²) >= 11 is 0. The number of ketones is 1. The van der Waals surface area contributed by atoms with E-state index in [-0.39, 0.29) is 40.5 Å². The van der Waals surface area contributed by atoms with E-state index < -0.39 is 5.97 Å². The Kier molecular flexibility index (Phi) is 3.49. The van der Waals surface area contributed by atoms with Gasteiger partial charge in [-0.05, 0) is 79.6 Å². The molecule has 0 radical (unpaired) electrons. The van der Waals surface area contributed by atoms with Crippen molar-refractivity contribution in [3.63, 3.8) is 0 Å². The monoisotopic (exact) mass is 368 g/mol. The first-order valence-corrected chi connectivity index (χ1v) is 9.79. The van der Waals surface area contributed by atoms with E-state index in [0.29, 0.717) is 11.7 Å². The lowest BCUT2D eigenvalue weighted by molar-refractivity contribution is -0.122. The van der Waals surface area contributed by atoms with Gasteiger partial charge in [0.15, 0.2) is 5.78 Å². The van der Waals surface area contributed by atoms with E-state index in [0.717, 1.165) is 44.1 Å². The Bertz CT molecular complexity index is 860. The molecule has 0 saturated heterocycles.